The van der Waals surface area contributed by atoms with Crippen LogP contribution in [0.4, 0.5) is 5.69 Å². The zero-order chi connectivity index (χ0) is 9.71. The molecule has 0 aliphatic carbocycles. The minimum absolute atomic E-state index is 0.643. The molecule has 1 aromatic rings. The Kier molecular flexibility index (Phi) is 1.49. The summed E-state index contributed by atoms with van der Waals surface area (Å²) in [7, 11) is 0. The molecule has 0 amide bonds. The lowest BCUT2D eigenvalue weighted by molar-refractivity contribution is 0.290. The SMILES string of the molecule is CC1C2C=Cc3cnccc3N1C2C. The molecule has 2 bridgehead atoms. The van der Waals surface area contributed by atoms with Crippen molar-refractivity contribution < 1.29 is 0 Å². The zero-order valence-corrected chi connectivity index (χ0v) is 8.51. The fourth-order valence-electron chi connectivity index (χ4n) is 2.78. The second-order valence-electron chi connectivity index (χ2n) is 4.26. The van der Waals surface area contributed by atoms with Crippen LogP contribution in [0.1, 0.15) is 19.4 Å². The minimum atomic E-state index is 0.643. The molecular formula is C12H14N2. The molecule has 72 valence electrons. The third-order valence-corrected chi connectivity index (χ3v) is 3.60. The van der Waals surface area contributed by atoms with Crippen molar-refractivity contribution >= 4 is 11.8 Å². The number of hydrogen-bond acceptors (Lipinski definition) is 2. The fraction of sp³-hybridized carbons (Fsp3) is 0.417. The summed E-state index contributed by atoms with van der Waals surface area (Å²) in [4.78, 5) is 6.65. The van der Waals surface area contributed by atoms with Gasteiger partial charge in [-0.15, -0.1) is 0 Å². The van der Waals surface area contributed by atoms with Gasteiger partial charge in [0.1, 0.15) is 0 Å². The number of aromatic nitrogens is 1. The lowest BCUT2D eigenvalue weighted by Crippen LogP contribution is -2.60. The Labute approximate surface area is 84.3 Å². The van der Waals surface area contributed by atoms with Crippen molar-refractivity contribution in [1.82, 2.24) is 4.98 Å². The average Bonchev–Trinajstić information content (AvgIpc) is 2.44. The second-order valence-corrected chi connectivity index (χ2v) is 4.26. The fourth-order valence-corrected chi connectivity index (χ4v) is 2.78. The number of rotatable bonds is 0. The molecule has 14 heavy (non-hydrogen) atoms. The van der Waals surface area contributed by atoms with Crippen LogP contribution in [0.3, 0.4) is 0 Å². The molecule has 2 unspecified atom stereocenters. The molecule has 1 aromatic heterocycles. The van der Waals surface area contributed by atoms with Gasteiger partial charge in [-0.05, 0) is 19.9 Å². The number of anilines is 1. The van der Waals surface area contributed by atoms with E-state index in [0.29, 0.717) is 18.0 Å². The molecule has 4 rings (SSSR count). The number of pyridine rings is 1. The Morgan fingerprint density at radius 3 is 2.86 bits per heavy atom. The maximum Gasteiger partial charge on any atom is 0.0476 e. The second kappa shape index (κ2) is 2.59. The predicted molar refractivity (Wildman–Crippen MR) is 58.2 cm³/mol. The van der Waals surface area contributed by atoms with E-state index in [1.807, 2.05) is 12.4 Å². The van der Waals surface area contributed by atoms with Gasteiger partial charge >= 0.3 is 0 Å². The van der Waals surface area contributed by atoms with Gasteiger partial charge in [0.25, 0.3) is 0 Å². The van der Waals surface area contributed by atoms with Crippen molar-refractivity contribution in [2.45, 2.75) is 25.9 Å². The lowest BCUT2D eigenvalue weighted by atomic mass is 9.82. The number of nitrogens with zero attached hydrogens (tertiary/aromatic N) is 2. The Balaban J connectivity index is 2.17. The van der Waals surface area contributed by atoms with Crippen molar-refractivity contribution in [3.05, 3.63) is 30.1 Å². The van der Waals surface area contributed by atoms with Gasteiger partial charge in [-0.3, -0.25) is 4.98 Å². The first-order valence-electron chi connectivity index (χ1n) is 5.19. The summed E-state index contributed by atoms with van der Waals surface area (Å²) in [6.45, 7) is 4.59. The van der Waals surface area contributed by atoms with E-state index in [-0.39, 0.29) is 0 Å². The van der Waals surface area contributed by atoms with Crippen molar-refractivity contribution in [2.24, 2.45) is 5.92 Å². The molecule has 2 nitrogen and oxygen atoms in total. The van der Waals surface area contributed by atoms with E-state index in [0.717, 1.165) is 0 Å². The summed E-state index contributed by atoms with van der Waals surface area (Å²) < 4.78 is 0. The normalized spacial score (nSPS) is 33.3. The highest BCUT2D eigenvalue weighted by Gasteiger charge is 2.43. The van der Waals surface area contributed by atoms with Gasteiger partial charge in [-0.2, -0.15) is 0 Å². The van der Waals surface area contributed by atoms with Crippen molar-refractivity contribution in [2.75, 3.05) is 4.90 Å². The van der Waals surface area contributed by atoms with E-state index in [1.54, 1.807) is 0 Å². The molecule has 0 saturated carbocycles. The zero-order valence-electron chi connectivity index (χ0n) is 8.51. The first kappa shape index (κ1) is 8.04. The maximum absolute atomic E-state index is 4.16. The van der Waals surface area contributed by atoms with Gasteiger partial charge in [-0.25, -0.2) is 0 Å². The molecule has 0 N–H and O–H groups in total. The van der Waals surface area contributed by atoms with E-state index in [2.05, 4.69) is 41.9 Å². The maximum atomic E-state index is 4.16. The lowest BCUT2D eigenvalue weighted by Gasteiger charge is -2.52. The van der Waals surface area contributed by atoms with E-state index in [1.165, 1.54) is 11.3 Å². The largest absolute Gasteiger partial charge is 0.364 e. The smallest absolute Gasteiger partial charge is 0.0476 e. The highest BCUT2D eigenvalue weighted by Crippen LogP contribution is 2.42. The monoisotopic (exact) mass is 186 g/mol. The molecule has 1 fully saturated rings. The van der Waals surface area contributed by atoms with Crippen LogP contribution < -0.4 is 4.90 Å². The van der Waals surface area contributed by atoms with Crippen molar-refractivity contribution in [3.63, 3.8) is 0 Å². The van der Waals surface area contributed by atoms with Crippen LogP contribution in [0, 0.1) is 5.92 Å². The van der Waals surface area contributed by atoms with E-state index < -0.39 is 0 Å². The van der Waals surface area contributed by atoms with Crippen LogP contribution in [0.25, 0.3) is 6.08 Å². The molecule has 4 heterocycles. The molecular weight excluding hydrogens is 172 g/mol. The summed E-state index contributed by atoms with van der Waals surface area (Å²) in [5.74, 6) is 0.711. The molecule has 0 aromatic carbocycles. The van der Waals surface area contributed by atoms with Crippen molar-refractivity contribution in [1.29, 1.82) is 0 Å². The Bertz CT molecular complexity index is 387. The van der Waals surface area contributed by atoms with Crippen molar-refractivity contribution in [3.8, 4) is 0 Å². The quantitative estimate of drug-likeness (QED) is 0.618. The van der Waals surface area contributed by atoms with Gasteiger partial charge in [0.2, 0.25) is 0 Å². The van der Waals surface area contributed by atoms with Gasteiger partial charge in [0.05, 0.1) is 0 Å². The Morgan fingerprint density at radius 1 is 1.29 bits per heavy atom. The first-order chi connectivity index (χ1) is 6.79. The number of hydrogen-bond donors (Lipinski definition) is 0. The van der Waals surface area contributed by atoms with Gasteiger partial charge in [-0.1, -0.05) is 12.2 Å². The van der Waals surface area contributed by atoms with Crippen LogP contribution >= 0.6 is 0 Å². The molecule has 1 saturated heterocycles. The van der Waals surface area contributed by atoms with E-state index in [9.17, 15) is 0 Å². The summed E-state index contributed by atoms with van der Waals surface area (Å²) in [6.07, 6.45) is 8.38. The topological polar surface area (TPSA) is 16.1 Å². The summed E-state index contributed by atoms with van der Waals surface area (Å²) >= 11 is 0. The van der Waals surface area contributed by atoms with Gasteiger partial charge < -0.3 is 4.90 Å². The minimum Gasteiger partial charge on any atom is -0.364 e. The summed E-state index contributed by atoms with van der Waals surface area (Å²) in [6, 6.07) is 3.41. The average molecular weight is 186 g/mol. The third-order valence-electron chi connectivity index (χ3n) is 3.60. The molecule has 3 aliphatic heterocycles. The standard InChI is InChI=1S/C12H14N2/c1-8-11-4-3-10-7-13-6-5-12(10)14(8)9(11)2/h3-9,11H,1-2H3. The van der Waals surface area contributed by atoms with Gasteiger partial charge in [0, 0.05) is 41.6 Å². The van der Waals surface area contributed by atoms with Crippen LogP contribution in [0.5, 0.6) is 0 Å². The first-order valence-corrected chi connectivity index (χ1v) is 5.19. The Morgan fingerprint density at radius 2 is 2.07 bits per heavy atom. The molecule has 3 aliphatic rings. The van der Waals surface area contributed by atoms with E-state index in [4.69, 9.17) is 0 Å². The predicted octanol–water partition coefficient (Wildman–Crippen LogP) is 2.32. The van der Waals surface area contributed by atoms with Crippen LogP contribution in [0.2, 0.25) is 0 Å². The molecule has 0 radical (unpaired) electrons. The Hall–Kier alpha value is -1.31. The highest BCUT2D eigenvalue weighted by atomic mass is 15.3. The van der Waals surface area contributed by atoms with Gasteiger partial charge in [0.15, 0.2) is 0 Å². The van der Waals surface area contributed by atoms with E-state index >= 15 is 0 Å². The molecule has 2 heteroatoms. The summed E-state index contributed by atoms with van der Waals surface area (Å²) in [5.41, 5.74) is 2.59. The van der Waals surface area contributed by atoms with Crippen LogP contribution in [0.15, 0.2) is 24.5 Å². The highest BCUT2D eigenvalue weighted by molar-refractivity contribution is 5.72. The van der Waals surface area contributed by atoms with Crippen LogP contribution in [-0.2, 0) is 0 Å². The summed E-state index contributed by atoms with van der Waals surface area (Å²) in [5, 5.41) is 0. The molecule has 2 atom stereocenters. The third kappa shape index (κ3) is 0.834. The van der Waals surface area contributed by atoms with Crippen LogP contribution in [-0.4, -0.2) is 17.1 Å². The molecule has 0 spiro atoms.